The Balaban J connectivity index is 0.557. The lowest BCUT2D eigenvalue weighted by Gasteiger charge is -2.56. The van der Waals surface area contributed by atoms with Gasteiger partial charge in [-0.1, -0.05) is 105 Å². The molecule has 23 heterocycles. The third kappa shape index (κ3) is 21.6. The number of fused-ring (bicyclic) bond motifs is 7. The van der Waals surface area contributed by atoms with Crippen LogP contribution < -0.4 is 21.3 Å². The number of amides is 5. The Morgan fingerprint density at radius 1 is 0.464 bits per heavy atom. The molecule has 27 aliphatic rings. The number of phenols is 1. The zero-order chi connectivity index (χ0) is 101. The molecule has 140 heavy (non-hydrogen) atoms. The molecule has 24 fully saturated rings. The largest absolute Gasteiger partial charge is 0.508 e. The van der Waals surface area contributed by atoms with E-state index in [0.717, 1.165) is 61.6 Å². The van der Waals surface area contributed by atoms with Crippen LogP contribution in [0.25, 0.3) is 0 Å². The van der Waals surface area contributed by atoms with Crippen molar-refractivity contribution in [2.24, 2.45) is 40.4 Å². The number of nitrogens with one attached hydrogen (secondary N) is 4. The molecule has 22 aliphatic heterocycles. The standard InChI is InChI=1S/C96H143N7O37/c1-42(2)63(52(110)32-44(4)84(125)98-47-23-19-45-21-25-60-93(5,49(45)33-47)27-14-29-95(60,7)91(126)100-92(127)96(8)30-15-28-94(6)50-34-48(109)24-20-46(50)22-26-61(94)96)99-83(124)43(3)16-12-13-31-97-62(111)41-128-53-18-11-9-10-17-51-64(53)101-102-103(51)35-54-77-65(112)71(118)85(129-54)136-78-55(36-104)131-87(73(120)67(78)114)138-80-57(38-106)133-89(75(122)69(80)116)140-82-59(40-108)134-90(76(123)70(82)117)139-81-58(39-107)132-88(74(121)68(81)115)137-79-56(37-105)130-86(135-77)72(119)66(79)113/h19-20,23-24,33-34,42-44,53-61,63,65-82,85-90,104-109,112-123H,9-18,21-22,25-32,35-41H2,1-8H3,(H,97,111)(H,98,125)(H,99,124)(H,100,126,127)/t43-,44-,53?,54?,55?,56?,57?,58?,59?,60-,61-,63+,65?,66?,67?,68?,69?,70?,71?,72?,73?,74?,75?,76?,77?,78?,79?,80?,81?,82?,85?,86?,87?,88?,89?,90?,93-,94-,95+,96+/m1/s1. The molecule has 1 aromatic heterocycles. The smallest absolute Gasteiger partial charge is 0.246 e. The summed E-state index contributed by atoms with van der Waals surface area (Å²) in [7, 11) is 0. The number of benzene rings is 2. The number of carbonyl (C=O) groups excluding carboxylic acids is 6. The molecular weight excluding hydrogens is 1840 g/mol. The Morgan fingerprint density at radius 2 is 0.879 bits per heavy atom. The number of carbonyl (C=O) groups is 6. The van der Waals surface area contributed by atoms with Crippen LogP contribution in [0.5, 0.6) is 5.75 Å². The summed E-state index contributed by atoms with van der Waals surface area (Å²) in [6, 6.07) is 10.6. The van der Waals surface area contributed by atoms with Crippen molar-refractivity contribution in [2.75, 3.05) is 51.5 Å². The zero-order valence-electron chi connectivity index (χ0n) is 80.1. The lowest BCUT2D eigenvalue weighted by Crippen LogP contribution is -2.69. The van der Waals surface area contributed by atoms with E-state index in [1.807, 2.05) is 58.0 Å². The van der Waals surface area contributed by atoms with Crippen LogP contribution in [0.1, 0.15) is 198 Å². The normalized spacial score (nSPS) is 41.3. The summed E-state index contributed by atoms with van der Waals surface area (Å²) in [5.74, 6) is -3.65. The van der Waals surface area contributed by atoms with Crippen molar-refractivity contribution in [3.05, 3.63) is 70.0 Å². The molecule has 12 bridgehead atoms. The maximum Gasteiger partial charge on any atom is 0.246 e. The predicted octanol–water partition coefficient (Wildman–Crippen LogP) is -3.21. The molecule has 44 heteroatoms. The van der Waals surface area contributed by atoms with E-state index in [4.69, 9.17) is 61.6 Å². The topological polar surface area (TPSA) is 665 Å². The number of aryl methyl sites for hydroxylation is 2. The molecule has 3 aromatic rings. The number of hydrogen-bond acceptors (Lipinski definition) is 39. The number of aromatic nitrogens is 3. The van der Waals surface area contributed by atoms with Gasteiger partial charge in [0.2, 0.25) is 29.5 Å². The molecule has 2 saturated carbocycles. The van der Waals surface area contributed by atoms with Crippen molar-refractivity contribution in [3.8, 4) is 5.75 Å². The van der Waals surface area contributed by atoms with E-state index in [2.05, 4.69) is 45.4 Å². The molecule has 2 aromatic carbocycles. The van der Waals surface area contributed by atoms with E-state index in [1.165, 1.54) is 10.2 Å². The summed E-state index contributed by atoms with van der Waals surface area (Å²) in [4.78, 5) is 85.5. The van der Waals surface area contributed by atoms with Crippen LogP contribution >= 0.6 is 0 Å². The number of phenolic OH excluding ortho intramolecular Hbond substituents is 1. The Labute approximate surface area is 809 Å². The minimum atomic E-state index is -2.26. The van der Waals surface area contributed by atoms with Gasteiger partial charge in [0.1, 0.15) is 171 Å². The van der Waals surface area contributed by atoms with Gasteiger partial charge in [-0.3, -0.25) is 34.1 Å². The van der Waals surface area contributed by atoms with Crippen molar-refractivity contribution < 1.29 is 182 Å². The molecule has 784 valence electrons. The molecule has 30 rings (SSSR count). The van der Waals surface area contributed by atoms with E-state index in [-0.39, 0.29) is 77.7 Å². The molecule has 31 unspecified atom stereocenters. The highest BCUT2D eigenvalue weighted by molar-refractivity contribution is 6.01. The van der Waals surface area contributed by atoms with Gasteiger partial charge in [-0.05, 0) is 159 Å². The summed E-state index contributed by atoms with van der Waals surface area (Å²) >= 11 is 0. The minimum Gasteiger partial charge on any atom is -0.508 e. The number of anilines is 1. The summed E-state index contributed by atoms with van der Waals surface area (Å²) in [6.07, 6.45) is -50.4. The maximum absolute atomic E-state index is 14.9. The molecule has 0 spiro atoms. The number of rotatable bonds is 25. The Kier molecular flexibility index (Phi) is 34.6. The Bertz CT molecular complexity index is 4740. The number of ether oxygens (including phenoxy) is 13. The van der Waals surface area contributed by atoms with Gasteiger partial charge in [-0.15, -0.1) is 5.10 Å². The second kappa shape index (κ2) is 45.0. The monoisotopic (exact) mass is 1990 g/mol. The fourth-order valence-electron chi connectivity index (χ4n) is 24.0. The van der Waals surface area contributed by atoms with E-state index in [0.29, 0.717) is 81.3 Å². The molecule has 5 amide bonds. The fourth-order valence-corrected chi connectivity index (χ4v) is 24.0. The average Bonchev–Trinajstić information content (AvgIpc) is 0.743. The summed E-state index contributed by atoms with van der Waals surface area (Å²) < 4.78 is 79.1. The van der Waals surface area contributed by atoms with Gasteiger partial charge >= 0.3 is 0 Å². The van der Waals surface area contributed by atoms with Gasteiger partial charge in [0, 0.05) is 30.5 Å². The van der Waals surface area contributed by atoms with Crippen molar-refractivity contribution >= 4 is 41.0 Å². The Morgan fingerprint density at radius 3 is 1.31 bits per heavy atom. The average molecular weight is 1990 g/mol. The lowest BCUT2D eigenvalue weighted by atomic mass is 9.49. The molecule has 40 atom stereocenters. The highest BCUT2D eigenvalue weighted by Gasteiger charge is 2.63. The molecule has 5 aliphatic carbocycles. The van der Waals surface area contributed by atoms with E-state index < -0.39 is 277 Å². The summed E-state index contributed by atoms with van der Waals surface area (Å²) in [5, 5.41) is 226. The maximum atomic E-state index is 14.9. The predicted molar refractivity (Wildman–Crippen MR) is 480 cm³/mol. The highest BCUT2D eigenvalue weighted by Crippen LogP contribution is 2.61. The molecule has 0 radical (unpaired) electrons. The van der Waals surface area contributed by atoms with Crippen molar-refractivity contribution in [2.45, 2.75) is 391 Å². The van der Waals surface area contributed by atoms with E-state index in [1.54, 1.807) is 19.9 Å². The number of aliphatic hydroxyl groups excluding tert-OH is 17. The quantitative estimate of drug-likeness (QED) is 0.0293. The minimum absolute atomic E-state index is 0.0281. The number of nitrogens with zero attached hydrogens (tertiary/aromatic N) is 3. The molecule has 22 N–H and O–H groups in total. The van der Waals surface area contributed by atoms with Gasteiger partial charge in [0.05, 0.1) is 62.1 Å². The van der Waals surface area contributed by atoms with Gasteiger partial charge in [0.25, 0.3) is 0 Å². The van der Waals surface area contributed by atoms with Gasteiger partial charge in [0.15, 0.2) is 43.5 Å². The highest BCUT2D eigenvalue weighted by atomic mass is 16.8. The third-order valence-corrected chi connectivity index (χ3v) is 32.1. The first kappa shape index (κ1) is 108. The third-order valence-electron chi connectivity index (χ3n) is 32.1. The van der Waals surface area contributed by atoms with E-state index >= 15 is 0 Å². The van der Waals surface area contributed by atoms with Crippen LogP contribution in [0.2, 0.25) is 0 Å². The molecule has 22 saturated heterocycles. The SMILES string of the molecule is CC(C)[C@H](NC(=O)[C@H](C)CCCCNC(=O)COC1CCCCCc2c1nnn2CC1OC2OC3C(CO)OC(OC4C(CO)OC(OC5C(CO)OC(OC6C(CO)OC(OC7C(CO)OC(OC1C(O)C2O)C(O)C7O)C(O)C6O)C(O)C5O)C(O)C4O)C(O)C3O)C(=O)C[C@@H](C)C(=O)Nc1ccc2c(c1)[C@@]1(C)CCC[C@](C)(C(=O)NC(=O)[C@@]3(C)CCC[C@]4(C)c5cc(O)ccc5CC[C@@H]34)[C@@H]1CC2. The van der Waals surface area contributed by atoms with E-state index in [9.17, 15) is 121 Å². The second-order valence-electron chi connectivity index (χ2n) is 41.8. The fraction of sp³-hybridized carbons (Fsp3) is 0.792. The van der Waals surface area contributed by atoms with Crippen molar-refractivity contribution in [1.82, 2.24) is 30.9 Å². The first-order chi connectivity index (χ1) is 66.6. The number of hydrogen-bond donors (Lipinski definition) is 22. The van der Waals surface area contributed by atoms with Crippen LogP contribution in [0, 0.1) is 40.4 Å². The summed E-state index contributed by atoms with van der Waals surface area (Å²) in [6.45, 7) is 9.46. The number of ketones is 1. The molecular formula is C96H143N7O37. The lowest BCUT2D eigenvalue weighted by molar-refractivity contribution is -0.403. The van der Waals surface area contributed by atoms with Crippen LogP contribution in [-0.4, -0.2) is 379 Å². The summed E-state index contributed by atoms with van der Waals surface area (Å²) in [5.41, 5.74) is 3.25. The van der Waals surface area contributed by atoms with Crippen LogP contribution in [0.4, 0.5) is 5.69 Å². The van der Waals surface area contributed by atoms with Crippen molar-refractivity contribution in [1.29, 1.82) is 0 Å². The van der Waals surface area contributed by atoms with Gasteiger partial charge < -0.3 is 169 Å². The zero-order valence-corrected chi connectivity index (χ0v) is 80.1. The van der Waals surface area contributed by atoms with Crippen LogP contribution in [0.15, 0.2) is 36.4 Å². The van der Waals surface area contributed by atoms with Crippen LogP contribution in [0.3, 0.4) is 0 Å². The second-order valence-corrected chi connectivity index (χ2v) is 41.8. The van der Waals surface area contributed by atoms with Crippen LogP contribution in [-0.2, 0) is 127 Å². The Hall–Kier alpha value is -6.60. The number of imide groups is 1. The van der Waals surface area contributed by atoms with Crippen molar-refractivity contribution in [3.63, 3.8) is 0 Å². The molecule has 44 nitrogen and oxygen atoms in total. The number of unbranched alkanes of at least 4 members (excludes halogenated alkanes) is 1. The number of aliphatic hydroxyl groups is 17. The van der Waals surface area contributed by atoms with Gasteiger partial charge in [-0.2, -0.15) is 0 Å². The first-order valence-electron chi connectivity index (χ1n) is 49.5. The number of Topliss-reactive ketones (excluding diaryl/α,β-unsaturated/α-hetero) is 1. The first-order valence-corrected chi connectivity index (χ1v) is 49.5. The number of aromatic hydroxyl groups is 1. The van der Waals surface area contributed by atoms with Gasteiger partial charge in [-0.25, -0.2) is 4.68 Å².